The lowest BCUT2D eigenvalue weighted by Crippen LogP contribution is -2.26. The Morgan fingerprint density at radius 3 is 2.45 bits per heavy atom. The van der Waals surface area contributed by atoms with Crippen LogP contribution in [-0.2, 0) is 13.1 Å². The monoisotopic (exact) mass is 551 g/mol. The van der Waals surface area contributed by atoms with Crippen molar-refractivity contribution in [3.8, 4) is 0 Å². The van der Waals surface area contributed by atoms with E-state index in [0.717, 1.165) is 16.7 Å². The van der Waals surface area contributed by atoms with E-state index in [9.17, 15) is 14.4 Å². The van der Waals surface area contributed by atoms with Gasteiger partial charge in [0.05, 0.1) is 35.5 Å². The van der Waals surface area contributed by atoms with Crippen molar-refractivity contribution in [3.63, 3.8) is 0 Å². The van der Waals surface area contributed by atoms with Gasteiger partial charge in [0.2, 0.25) is 0 Å². The van der Waals surface area contributed by atoms with Gasteiger partial charge < -0.3 is 9.73 Å². The van der Waals surface area contributed by atoms with Gasteiger partial charge in [0, 0.05) is 11.1 Å². The minimum atomic E-state index is -0.492. The summed E-state index contributed by atoms with van der Waals surface area (Å²) in [5.74, 6) is 0.290. The van der Waals surface area contributed by atoms with Crippen molar-refractivity contribution in [2.75, 3.05) is 0 Å². The number of amides is 1. The molecule has 7 nitrogen and oxygen atoms in total. The summed E-state index contributed by atoms with van der Waals surface area (Å²) in [6.45, 7) is 6.36. The molecule has 2 heterocycles. The number of carbonyl (C=O) groups is 2. The molecule has 3 aromatic carbocycles. The number of Topliss-reactive ketones (excluding diaryl/α,β-unsaturated/α-hetero) is 1. The zero-order chi connectivity index (χ0) is 28.2. The van der Waals surface area contributed by atoms with Crippen LogP contribution in [0.4, 0.5) is 0 Å². The molecule has 0 aliphatic heterocycles. The highest BCUT2D eigenvalue weighted by Gasteiger charge is 2.22. The van der Waals surface area contributed by atoms with E-state index in [0.29, 0.717) is 39.5 Å². The van der Waals surface area contributed by atoms with E-state index in [1.54, 1.807) is 41.2 Å². The largest absolute Gasteiger partial charge is 0.467 e. The topological polar surface area (TPSA) is 94.2 Å². The highest BCUT2D eigenvalue weighted by Crippen LogP contribution is 2.27. The molecule has 5 rings (SSSR count). The minimum Gasteiger partial charge on any atom is -0.467 e. The van der Waals surface area contributed by atoms with Crippen LogP contribution in [0.25, 0.3) is 10.9 Å². The molecule has 1 amide bonds. The number of benzene rings is 3. The molecule has 5 aromatic rings. The normalized spacial score (nSPS) is 11.9. The molecule has 202 valence electrons. The second-order valence-electron chi connectivity index (χ2n) is 9.69. The number of thioether (sulfide) groups is 1. The van der Waals surface area contributed by atoms with Crippen molar-refractivity contribution in [1.29, 1.82) is 0 Å². The van der Waals surface area contributed by atoms with Crippen LogP contribution < -0.4 is 10.9 Å². The third-order valence-electron chi connectivity index (χ3n) is 6.81. The van der Waals surface area contributed by atoms with Gasteiger partial charge in [0.1, 0.15) is 5.76 Å². The maximum absolute atomic E-state index is 13.7. The van der Waals surface area contributed by atoms with E-state index in [2.05, 4.69) is 5.32 Å². The maximum Gasteiger partial charge on any atom is 0.262 e. The van der Waals surface area contributed by atoms with Gasteiger partial charge in [-0.1, -0.05) is 54.2 Å². The molecule has 0 fully saturated rings. The lowest BCUT2D eigenvalue weighted by molar-refractivity contribution is 0.0947. The number of fused-ring (bicyclic) bond motifs is 1. The minimum absolute atomic E-state index is 0.0419. The number of nitrogens with one attached hydrogen (secondary N) is 1. The Labute approximate surface area is 236 Å². The Morgan fingerprint density at radius 1 is 0.950 bits per heavy atom. The summed E-state index contributed by atoms with van der Waals surface area (Å²) < 4.78 is 6.88. The van der Waals surface area contributed by atoms with Crippen LogP contribution in [0.15, 0.2) is 99.5 Å². The molecule has 1 unspecified atom stereocenters. The molecule has 1 N–H and O–H groups in total. The van der Waals surface area contributed by atoms with E-state index in [1.165, 1.54) is 11.8 Å². The smallest absolute Gasteiger partial charge is 0.262 e. The molecule has 8 heteroatoms. The van der Waals surface area contributed by atoms with Crippen molar-refractivity contribution in [1.82, 2.24) is 14.9 Å². The summed E-state index contributed by atoms with van der Waals surface area (Å²) in [6, 6.07) is 23.7. The molecule has 2 aromatic heterocycles. The van der Waals surface area contributed by atoms with Crippen LogP contribution in [-0.4, -0.2) is 26.5 Å². The molecule has 0 saturated heterocycles. The van der Waals surface area contributed by atoms with Gasteiger partial charge in [0.25, 0.3) is 11.5 Å². The summed E-state index contributed by atoms with van der Waals surface area (Å²) >= 11 is 1.24. The predicted octanol–water partition coefficient (Wildman–Crippen LogP) is 5.95. The number of nitrogens with zero attached hydrogens (tertiary/aromatic N) is 2. The molecule has 40 heavy (non-hydrogen) atoms. The Kier molecular flexibility index (Phi) is 7.98. The second-order valence-corrected chi connectivity index (χ2v) is 11.0. The zero-order valence-corrected chi connectivity index (χ0v) is 23.3. The molecule has 1 atom stereocenters. The fourth-order valence-corrected chi connectivity index (χ4v) is 5.35. The first-order valence-corrected chi connectivity index (χ1v) is 13.9. The fraction of sp³-hybridized carbons (Fsp3) is 0.188. The summed E-state index contributed by atoms with van der Waals surface area (Å²) in [7, 11) is 0. The summed E-state index contributed by atoms with van der Waals surface area (Å²) in [5, 5.41) is 3.14. The number of rotatable bonds is 9. The number of ketones is 1. The van der Waals surface area contributed by atoms with E-state index < -0.39 is 5.25 Å². The Hall–Kier alpha value is -4.43. The van der Waals surface area contributed by atoms with Crippen molar-refractivity contribution >= 4 is 34.4 Å². The number of carbonyl (C=O) groups excluding carboxylic acids is 2. The van der Waals surface area contributed by atoms with Crippen LogP contribution in [0, 0.1) is 13.8 Å². The summed E-state index contributed by atoms with van der Waals surface area (Å²) in [4.78, 5) is 44.7. The molecule has 0 saturated carbocycles. The first kappa shape index (κ1) is 27.1. The number of hydrogen-bond donors (Lipinski definition) is 1. The highest BCUT2D eigenvalue weighted by atomic mass is 32.2. The van der Waals surface area contributed by atoms with E-state index in [4.69, 9.17) is 9.40 Å². The molecule has 0 aliphatic carbocycles. The van der Waals surface area contributed by atoms with Gasteiger partial charge in [-0.25, -0.2) is 4.98 Å². The van der Waals surface area contributed by atoms with E-state index >= 15 is 0 Å². The summed E-state index contributed by atoms with van der Waals surface area (Å²) in [6.07, 6.45) is 1.55. The van der Waals surface area contributed by atoms with Crippen LogP contribution in [0.5, 0.6) is 0 Å². The highest BCUT2D eigenvalue weighted by molar-refractivity contribution is 8.00. The molecular formula is C32H29N3O4S. The number of hydrogen-bond acceptors (Lipinski definition) is 6. The van der Waals surface area contributed by atoms with Crippen molar-refractivity contribution in [3.05, 3.63) is 129 Å². The second kappa shape index (κ2) is 11.8. The molecule has 0 radical (unpaired) electrons. The number of furan rings is 1. The van der Waals surface area contributed by atoms with E-state index in [1.807, 2.05) is 69.3 Å². The van der Waals surface area contributed by atoms with Gasteiger partial charge in [-0.15, -0.1) is 0 Å². The SMILES string of the molecule is Cc1ccc(C(=O)C(C)Sc2nc3cc(C(=O)NCc4ccco4)ccc3c(=O)n2Cc2ccccc2)cc1C. The third kappa shape index (κ3) is 5.92. The fourth-order valence-electron chi connectivity index (χ4n) is 4.36. The molecule has 0 aliphatic rings. The number of aryl methyl sites for hydroxylation is 2. The first-order chi connectivity index (χ1) is 19.3. The van der Waals surface area contributed by atoms with Crippen LogP contribution in [0.2, 0.25) is 0 Å². The predicted molar refractivity (Wildman–Crippen MR) is 157 cm³/mol. The average Bonchev–Trinajstić information content (AvgIpc) is 3.49. The molecule has 0 spiro atoms. The zero-order valence-electron chi connectivity index (χ0n) is 22.5. The number of aromatic nitrogens is 2. The van der Waals surface area contributed by atoms with Crippen molar-refractivity contribution in [2.24, 2.45) is 0 Å². The summed E-state index contributed by atoms with van der Waals surface area (Å²) in [5.41, 5.74) is 4.27. The lowest BCUT2D eigenvalue weighted by atomic mass is 10.0. The van der Waals surface area contributed by atoms with Crippen LogP contribution in [0.3, 0.4) is 0 Å². The van der Waals surface area contributed by atoms with Crippen molar-refractivity contribution in [2.45, 2.75) is 44.3 Å². The molecule has 0 bridgehead atoms. The van der Waals surface area contributed by atoms with Gasteiger partial charge in [-0.05, 0) is 73.9 Å². The standard InChI is InChI=1S/C32H29N3O4S/c1-20-11-12-24(16-21(20)2)29(36)22(3)40-32-34-28-17-25(30(37)33-18-26-10-7-15-39-26)13-14-27(28)31(38)35(32)19-23-8-5-4-6-9-23/h4-17,22H,18-19H2,1-3H3,(H,33,37). The Bertz CT molecular complexity index is 1740. The van der Waals surface area contributed by atoms with E-state index in [-0.39, 0.29) is 23.8 Å². The first-order valence-electron chi connectivity index (χ1n) is 13.0. The molecular weight excluding hydrogens is 522 g/mol. The quantitative estimate of drug-likeness (QED) is 0.138. The van der Waals surface area contributed by atoms with Crippen molar-refractivity contribution < 1.29 is 14.0 Å². The van der Waals surface area contributed by atoms with Gasteiger partial charge in [-0.3, -0.25) is 19.0 Å². The Morgan fingerprint density at radius 2 is 1.73 bits per heavy atom. The lowest BCUT2D eigenvalue weighted by Gasteiger charge is -2.17. The third-order valence-corrected chi connectivity index (χ3v) is 7.90. The maximum atomic E-state index is 13.7. The Balaban J connectivity index is 1.50. The average molecular weight is 552 g/mol. The van der Waals surface area contributed by atoms with Gasteiger partial charge in [-0.2, -0.15) is 0 Å². The van der Waals surface area contributed by atoms with Crippen LogP contribution >= 0.6 is 11.8 Å². The van der Waals surface area contributed by atoms with Gasteiger partial charge in [0.15, 0.2) is 10.9 Å². The van der Waals surface area contributed by atoms with Crippen LogP contribution in [0.1, 0.15) is 50.1 Å². The van der Waals surface area contributed by atoms with Gasteiger partial charge >= 0.3 is 0 Å².